The Morgan fingerprint density at radius 2 is 1.86 bits per heavy atom. The highest BCUT2D eigenvalue weighted by Crippen LogP contribution is 2.09. The molecular weight excluding hydrogens is 274 g/mol. The van der Waals surface area contributed by atoms with Crippen molar-refractivity contribution in [2.75, 3.05) is 25.0 Å². The molecular formula is C13H21N5O3. The summed E-state index contributed by atoms with van der Waals surface area (Å²) in [6, 6.07) is 0. The second-order valence-electron chi connectivity index (χ2n) is 5.24. The smallest absolute Gasteiger partial charge is 0.346 e. The Balaban J connectivity index is 1.93. The first kappa shape index (κ1) is 15.3. The molecule has 1 amide bonds. The standard InChI is InChI=1S/C13H21N5O3/c1-16-12(20)11(15-17(2)13(16)21)14-7-6-10(19)18-8-4-3-5-9-18/h3-9H2,1-2H3,(H,14,15). The molecule has 0 atom stereocenters. The quantitative estimate of drug-likeness (QED) is 0.793. The summed E-state index contributed by atoms with van der Waals surface area (Å²) in [5.41, 5.74) is -0.960. The van der Waals surface area contributed by atoms with E-state index in [1.165, 1.54) is 20.5 Å². The van der Waals surface area contributed by atoms with Gasteiger partial charge in [0.25, 0.3) is 5.56 Å². The van der Waals surface area contributed by atoms with Gasteiger partial charge in [0.15, 0.2) is 0 Å². The van der Waals surface area contributed by atoms with Gasteiger partial charge in [0.1, 0.15) is 0 Å². The predicted octanol–water partition coefficient (Wildman–Crippen LogP) is -0.706. The molecule has 1 aromatic rings. The van der Waals surface area contributed by atoms with Crippen molar-refractivity contribution < 1.29 is 4.79 Å². The van der Waals surface area contributed by atoms with Crippen LogP contribution < -0.4 is 16.6 Å². The van der Waals surface area contributed by atoms with Crippen LogP contribution in [0, 0.1) is 0 Å². The first-order valence-corrected chi connectivity index (χ1v) is 7.16. The van der Waals surface area contributed by atoms with E-state index in [-0.39, 0.29) is 11.7 Å². The Kier molecular flexibility index (Phi) is 4.77. The third-order valence-corrected chi connectivity index (χ3v) is 3.66. The number of aromatic nitrogens is 3. The molecule has 8 nitrogen and oxygen atoms in total. The number of piperidine rings is 1. The Morgan fingerprint density at radius 1 is 1.19 bits per heavy atom. The van der Waals surface area contributed by atoms with Gasteiger partial charge in [-0.15, -0.1) is 5.10 Å². The molecule has 1 aromatic heterocycles. The highest BCUT2D eigenvalue weighted by molar-refractivity contribution is 5.76. The minimum atomic E-state index is -0.483. The van der Waals surface area contributed by atoms with Crippen LogP contribution in [-0.4, -0.2) is 44.8 Å². The number of nitrogens with one attached hydrogen (secondary N) is 1. The Morgan fingerprint density at radius 3 is 2.52 bits per heavy atom. The van der Waals surface area contributed by atoms with Crippen molar-refractivity contribution in [3.8, 4) is 0 Å². The number of carbonyl (C=O) groups excluding carboxylic acids is 1. The van der Waals surface area contributed by atoms with Gasteiger partial charge in [-0.2, -0.15) is 0 Å². The predicted molar refractivity (Wildman–Crippen MR) is 78.3 cm³/mol. The average molecular weight is 295 g/mol. The largest absolute Gasteiger partial charge is 0.364 e. The maximum atomic E-state index is 12.0. The van der Waals surface area contributed by atoms with E-state index in [1.54, 1.807) is 0 Å². The first-order valence-electron chi connectivity index (χ1n) is 7.16. The molecule has 0 saturated carbocycles. The van der Waals surface area contributed by atoms with E-state index in [2.05, 4.69) is 10.4 Å². The molecule has 0 bridgehead atoms. The van der Waals surface area contributed by atoms with E-state index in [0.717, 1.165) is 35.2 Å². The molecule has 1 saturated heterocycles. The van der Waals surface area contributed by atoms with Crippen LogP contribution >= 0.6 is 0 Å². The summed E-state index contributed by atoms with van der Waals surface area (Å²) in [7, 11) is 2.88. The molecule has 21 heavy (non-hydrogen) atoms. The second-order valence-corrected chi connectivity index (χ2v) is 5.24. The highest BCUT2D eigenvalue weighted by Gasteiger charge is 2.16. The third-order valence-electron chi connectivity index (χ3n) is 3.66. The summed E-state index contributed by atoms with van der Waals surface area (Å²) in [6.45, 7) is 1.97. The molecule has 1 N–H and O–H groups in total. The van der Waals surface area contributed by atoms with Crippen LogP contribution in [0.15, 0.2) is 9.59 Å². The maximum absolute atomic E-state index is 12.0. The zero-order valence-electron chi connectivity index (χ0n) is 12.5. The SMILES string of the molecule is Cn1nc(NCCC(=O)N2CCCCC2)c(=O)n(C)c1=O. The number of anilines is 1. The molecule has 2 heterocycles. The zero-order chi connectivity index (χ0) is 15.4. The lowest BCUT2D eigenvalue weighted by atomic mass is 10.1. The number of likely N-dealkylation sites (tertiary alicyclic amines) is 1. The molecule has 8 heteroatoms. The minimum Gasteiger partial charge on any atom is -0.364 e. The number of amides is 1. The monoisotopic (exact) mass is 295 g/mol. The van der Waals surface area contributed by atoms with Gasteiger partial charge in [-0.3, -0.25) is 14.2 Å². The van der Waals surface area contributed by atoms with Crippen molar-refractivity contribution in [1.82, 2.24) is 19.2 Å². The molecule has 0 aliphatic carbocycles. The summed E-state index contributed by atoms with van der Waals surface area (Å²) in [5.74, 6) is 0.176. The van der Waals surface area contributed by atoms with Crippen LogP contribution in [-0.2, 0) is 18.9 Å². The van der Waals surface area contributed by atoms with Crippen molar-refractivity contribution in [2.45, 2.75) is 25.7 Å². The van der Waals surface area contributed by atoms with Crippen molar-refractivity contribution >= 4 is 11.7 Å². The fraction of sp³-hybridized carbons (Fsp3) is 0.692. The zero-order valence-corrected chi connectivity index (χ0v) is 12.5. The lowest BCUT2D eigenvalue weighted by Gasteiger charge is -2.26. The van der Waals surface area contributed by atoms with Crippen LogP contribution in [0.4, 0.5) is 5.82 Å². The van der Waals surface area contributed by atoms with E-state index < -0.39 is 11.2 Å². The van der Waals surface area contributed by atoms with E-state index in [0.29, 0.717) is 13.0 Å². The number of carbonyl (C=O) groups is 1. The fourth-order valence-corrected chi connectivity index (χ4v) is 2.40. The topological polar surface area (TPSA) is 89.2 Å². The van der Waals surface area contributed by atoms with Crippen molar-refractivity contribution in [3.63, 3.8) is 0 Å². The van der Waals surface area contributed by atoms with Gasteiger partial charge in [0.05, 0.1) is 0 Å². The molecule has 2 rings (SSSR count). The van der Waals surface area contributed by atoms with Gasteiger partial charge in [-0.25, -0.2) is 9.48 Å². The number of hydrogen-bond donors (Lipinski definition) is 1. The van der Waals surface area contributed by atoms with Gasteiger partial charge in [0.2, 0.25) is 11.7 Å². The molecule has 1 aliphatic rings. The van der Waals surface area contributed by atoms with Crippen LogP contribution in [0.2, 0.25) is 0 Å². The van der Waals surface area contributed by atoms with Gasteiger partial charge < -0.3 is 10.2 Å². The van der Waals surface area contributed by atoms with E-state index >= 15 is 0 Å². The van der Waals surface area contributed by atoms with Gasteiger partial charge in [-0.1, -0.05) is 0 Å². The molecule has 1 fully saturated rings. The fourth-order valence-electron chi connectivity index (χ4n) is 2.40. The summed E-state index contributed by atoms with van der Waals surface area (Å²) in [4.78, 5) is 37.2. The number of aryl methyl sites for hydroxylation is 1. The summed E-state index contributed by atoms with van der Waals surface area (Å²) in [5, 5.41) is 6.72. The Bertz CT molecular complexity index is 628. The number of hydrogen-bond acceptors (Lipinski definition) is 5. The highest BCUT2D eigenvalue weighted by atomic mass is 16.2. The van der Waals surface area contributed by atoms with Crippen LogP contribution in [0.3, 0.4) is 0 Å². The first-order chi connectivity index (χ1) is 10.0. The molecule has 0 spiro atoms. The normalized spacial score (nSPS) is 15.0. The summed E-state index contributed by atoms with van der Waals surface area (Å²) in [6.07, 6.45) is 3.61. The average Bonchev–Trinajstić information content (AvgIpc) is 2.51. The van der Waals surface area contributed by atoms with E-state index in [4.69, 9.17) is 0 Å². The van der Waals surface area contributed by atoms with Crippen LogP contribution in [0.5, 0.6) is 0 Å². The van der Waals surface area contributed by atoms with Crippen molar-refractivity contribution in [1.29, 1.82) is 0 Å². The summed E-state index contributed by atoms with van der Waals surface area (Å²) < 4.78 is 2.08. The molecule has 0 unspecified atom stereocenters. The second kappa shape index (κ2) is 6.55. The summed E-state index contributed by atoms with van der Waals surface area (Å²) >= 11 is 0. The lowest BCUT2D eigenvalue weighted by Crippen LogP contribution is -2.40. The van der Waals surface area contributed by atoms with Crippen molar-refractivity contribution in [2.24, 2.45) is 14.1 Å². The van der Waals surface area contributed by atoms with Gasteiger partial charge in [-0.05, 0) is 19.3 Å². The van der Waals surface area contributed by atoms with E-state index in [9.17, 15) is 14.4 Å². The number of rotatable bonds is 4. The number of nitrogens with zero attached hydrogens (tertiary/aromatic N) is 4. The maximum Gasteiger partial charge on any atom is 0.346 e. The Labute approximate surface area is 122 Å². The Hall–Kier alpha value is -2.12. The molecule has 1 aliphatic heterocycles. The third kappa shape index (κ3) is 3.50. The molecule has 116 valence electrons. The minimum absolute atomic E-state index is 0.0869. The molecule has 0 radical (unpaired) electrons. The van der Waals surface area contributed by atoms with Crippen LogP contribution in [0.25, 0.3) is 0 Å². The molecule has 0 aromatic carbocycles. The van der Waals surface area contributed by atoms with Gasteiger partial charge in [0, 0.05) is 40.2 Å². The lowest BCUT2D eigenvalue weighted by molar-refractivity contribution is -0.131. The van der Waals surface area contributed by atoms with Crippen molar-refractivity contribution in [3.05, 3.63) is 20.8 Å². The van der Waals surface area contributed by atoms with E-state index in [1.807, 2.05) is 4.90 Å². The van der Waals surface area contributed by atoms with Gasteiger partial charge >= 0.3 is 5.69 Å². The van der Waals surface area contributed by atoms with Crippen LogP contribution in [0.1, 0.15) is 25.7 Å².